The van der Waals surface area contributed by atoms with Crippen LogP contribution in [0.15, 0.2) is 30.3 Å². The van der Waals surface area contributed by atoms with Gasteiger partial charge in [-0.25, -0.2) is 0 Å². The second-order valence-electron chi connectivity index (χ2n) is 5.52. The van der Waals surface area contributed by atoms with Gasteiger partial charge < -0.3 is 0 Å². The molecule has 0 spiro atoms. The molecule has 1 aromatic carbocycles. The predicted molar refractivity (Wildman–Crippen MR) is 87.2 cm³/mol. The molecular formula is C15H15Cl3S. The van der Waals surface area contributed by atoms with Crippen LogP contribution in [0.25, 0.3) is 0 Å². The molecule has 19 heavy (non-hydrogen) atoms. The van der Waals surface area contributed by atoms with Crippen molar-refractivity contribution >= 4 is 46.1 Å². The molecule has 0 aliphatic heterocycles. The van der Waals surface area contributed by atoms with E-state index in [9.17, 15) is 0 Å². The highest BCUT2D eigenvalue weighted by atomic mass is 35.5. The predicted octanol–water partition coefficient (Wildman–Crippen LogP) is 6.68. The molecule has 1 atom stereocenters. The maximum atomic E-state index is 6.53. The Balaban J connectivity index is 2.33. The number of benzene rings is 1. The van der Waals surface area contributed by atoms with Crippen LogP contribution in [-0.2, 0) is 5.41 Å². The molecule has 0 N–H and O–H groups in total. The van der Waals surface area contributed by atoms with Crippen molar-refractivity contribution in [3.05, 3.63) is 55.7 Å². The lowest BCUT2D eigenvalue weighted by Crippen LogP contribution is -2.07. The van der Waals surface area contributed by atoms with Crippen molar-refractivity contribution in [3.63, 3.8) is 0 Å². The monoisotopic (exact) mass is 332 g/mol. The molecule has 0 aliphatic rings. The topological polar surface area (TPSA) is 0 Å². The summed E-state index contributed by atoms with van der Waals surface area (Å²) in [4.78, 5) is 2.44. The van der Waals surface area contributed by atoms with Crippen molar-refractivity contribution < 1.29 is 0 Å². The summed E-state index contributed by atoms with van der Waals surface area (Å²) in [6, 6.07) is 9.66. The van der Waals surface area contributed by atoms with E-state index in [0.29, 0.717) is 10.0 Å². The van der Waals surface area contributed by atoms with E-state index in [0.717, 1.165) is 10.4 Å². The Bertz CT molecular complexity index is 561. The summed E-state index contributed by atoms with van der Waals surface area (Å²) in [7, 11) is 0. The number of thiophene rings is 1. The Morgan fingerprint density at radius 3 is 2.05 bits per heavy atom. The Labute approximate surface area is 133 Å². The first-order valence-corrected chi connectivity index (χ1v) is 7.98. The van der Waals surface area contributed by atoms with Crippen LogP contribution in [0, 0.1) is 0 Å². The number of hydrogen-bond donors (Lipinski definition) is 0. The van der Waals surface area contributed by atoms with E-state index >= 15 is 0 Å². The highest BCUT2D eigenvalue weighted by molar-refractivity contribution is 7.12. The van der Waals surface area contributed by atoms with Crippen LogP contribution in [0.2, 0.25) is 10.0 Å². The Morgan fingerprint density at radius 2 is 1.58 bits per heavy atom. The summed E-state index contributed by atoms with van der Waals surface area (Å²) >= 11 is 20.3. The average Bonchev–Trinajstić information content (AvgIpc) is 2.75. The highest BCUT2D eigenvalue weighted by Crippen LogP contribution is 2.39. The van der Waals surface area contributed by atoms with Crippen LogP contribution in [0.5, 0.6) is 0 Å². The summed E-state index contributed by atoms with van der Waals surface area (Å²) in [5.74, 6) is 0. The Kier molecular flexibility index (Phi) is 4.52. The third kappa shape index (κ3) is 3.66. The molecule has 1 aromatic heterocycles. The molecule has 0 amide bonds. The molecule has 2 rings (SSSR count). The van der Waals surface area contributed by atoms with Crippen molar-refractivity contribution in [2.24, 2.45) is 0 Å². The molecule has 0 saturated carbocycles. The van der Waals surface area contributed by atoms with Crippen molar-refractivity contribution in [3.8, 4) is 0 Å². The molecule has 1 heterocycles. The number of rotatable bonds is 2. The third-order valence-electron chi connectivity index (χ3n) is 2.79. The van der Waals surface area contributed by atoms with E-state index in [1.807, 2.05) is 12.1 Å². The number of halogens is 3. The quantitative estimate of drug-likeness (QED) is 0.538. The van der Waals surface area contributed by atoms with Crippen molar-refractivity contribution in [1.29, 1.82) is 0 Å². The average molecular weight is 334 g/mol. The summed E-state index contributed by atoms with van der Waals surface area (Å²) in [6.45, 7) is 6.59. The first-order chi connectivity index (χ1) is 8.77. The first kappa shape index (κ1) is 15.2. The van der Waals surface area contributed by atoms with Gasteiger partial charge in [-0.05, 0) is 41.3 Å². The van der Waals surface area contributed by atoms with Crippen LogP contribution < -0.4 is 0 Å². The highest BCUT2D eigenvalue weighted by Gasteiger charge is 2.20. The van der Waals surface area contributed by atoms with Gasteiger partial charge in [0.15, 0.2) is 0 Å². The lowest BCUT2D eigenvalue weighted by molar-refractivity contribution is 0.604. The van der Waals surface area contributed by atoms with Crippen molar-refractivity contribution in [2.75, 3.05) is 0 Å². The second-order valence-corrected chi connectivity index (χ2v) is 7.94. The van der Waals surface area contributed by atoms with Gasteiger partial charge in [0.2, 0.25) is 0 Å². The normalized spacial score (nSPS) is 13.6. The molecule has 2 aromatic rings. The van der Waals surface area contributed by atoms with Gasteiger partial charge in [0.05, 0.1) is 5.38 Å². The fraction of sp³-hybridized carbons (Fsp3) is 0.333. The molecule has 0 radical (unpaired) electrons. The molecule has 0 aliphatic carbocycles. The van der Waals surface area contributed by atoms with E-state index in [-0.39, 0.29) is 10.8 Å². The first-order valence-electron chi connectivity index (χ1n) is 5.97. The third-order valence-corrected chi connectivity index (χ3v) is 5.42. The maximum absolute atomic E-state index is 6.53. The fourth-order valence-corrected chi connectivity index (χ4v) is 3.73. The molecule has 4 heteroatoms. The smallest absolute Gasteiger partial charge is 0.0928 e. The Hall–Kier alpha value is -0.210. The zero-order chi connectivity index (χ0) is 14.2. The lowest BCUT2D eigenvalue weighted by Gasteiger charge is -2.15. The minimum absolute atomic E-state index is 0.144. The molecule has 0 bridgehead atoms. The fourth-order valence-electron chi connectivity index (χ4n) is 1.78. The standard InChI is InChI=1S/C15H15Cl3S/c1-15(2,3)13-5-4-12(19-13)14(18)9-6-10(16)8-11(17)7-9/h4-8,14H,1-3H3. The summed E-state index contributed by atoms with van der Waals surface area (Å²) in [6.07, 6.45) is 0. The van der Waals surface area contributed by atoms with Crippen molar-refractivity contribution in [1.82, 2.24) is 0 Å². The van der Waals surface area contributed by atoms with Crippen LogP contribution in [0.1, 0.15) is 41.5 Å². The van der Waals surface area contributed by atoms with Crippen LogP contribution in [0.3, 0.4) is 0 Å². The molecular weight excluding hydrogens is 319 g/mol. The van der Waals surface area contributed by atoms with Gasteiger partial charge in [-0.3, -0.25) is 0 Å². The van der Waals surface area contributed by atoms with Gasteiger partial charge >= 0.3 is 0 Å². The molecule has 102 valence electrons. The number of alkyl halides is 1. The zero-order valence-electron chi connectivity index (χ0n) is 11.0. The van der Waals surface area contributed by atoms with E-state index in [1.165, 1.54) is 4.88 Å². The van der Waals surface area contributed by atoms with Gasteiger partial charge in [0.25, 0.3) is 0 Å². The number of hydrogen-bond acceptors (Lipinski definition) is 1. The van der Waals surface area contributed by atoms with Crippen LogP contribution in [0.4, 0.5) is 0 Å². The van der Waals surface area contributed by atoms with Gasteiger partial charge in [-0.1, -0.05) is 44.0 Å². The van der Waals surface area contributed by atoms with Crippen LogP contribution in [-0.4, -0.2) is 0 Å². The minimum atomic E-state index is -0.211. The van der Waals surface area contributed by atoms with Crippen LogP contribution >= 0.6 is 46.1 Å². The molecule has 0 fully saturated rings. The summed E-state index contributed by atoms with van der Waals surface area (Å²) in [5.41, 5.74) is 1.08. The van der Waals surface area contributed by atoms with Gasteiger partial charge in [-0.2, -0.15) is 0 Å². The second kappa shape index (κ2) is 5.65. The Morgan fingerprint density at radius 1 is 1.00 bits per heavy atom. The van der Waals surface area contributed by atoms with Crippen molar-refractivity contribution in [2.45, 2.75) is 31.6 Å². The van der Waals surface area contributed by atoms with Gasteiger partial charge in [0.1, 0.15) is 0 Å². The van der Waals surface area contributed by atoms with Gasteiger partial charge in [-0.15, -0.1) is 22.9 Å². The largest absolute Gasteiger partial charge is 0.143 e. The van der Waals surface area contributed by atoms with E-state index < -0.39 is 0 Å². The maximum Gasteiger partial charge on any atom is 0.0928 e. The van der Waals surface area contributed by atoms with Gasteiger partial charge in [0, 0.05) is 19.8 Å². The van der Waals surface area contributed by atoms with E-state index in [2.05, 4.69) is 32.9 Å². The summed E-state index contributed by atoms with van der Waals surface area (Å²) < 4.78 is 0. The molecule has 0 saturated heterocycles. The van der Waals surface area contributed by atoms with E-state index in [1.54, 1.807) is 17.4 Å². The minimum Gasteiger partial charge on any atom is -0.143 e. The summed E-state index contributed by atoms with van der Waals surface area (Å²) in [5, 5.41) is 1.01. The zero-order valence-corrected chi connectivity index (χ0v) is 14.1. The van der Waals surface area contributed by atoms with E-state index in [4.69, 9.17) is 34.8 Å². The SMILES string of the molecule is CC(C)(C)c1ccc(C(Cl)c2cc(Cl)cc(Cl)c2)s1. The molecule has 0 nitrogen and oxygen atoms in total. The lowest BCUT2D eigenvalue weighted by atomic mass is 9.95. The molecule has 1 unspecified atom stereocenters.